The summed E-state index contributed by atoms with van der Waals surface area (Å²) in [5.74, 6) is 1.61. The molecule has 20 heavy (non-hydrogen) atoms. The number of hydrogen-bond acceptors (Lipinski definition) is 3. The van der Waals surface area contributed by atoms with E-state index in [9.17, 15) is 4.79 Å². The second kappa shape index (κ2) is 7.91. The third kappa shape index (κ3) is 4.40. The SMILES string of the molecule is CCSc1ccc(Cl)cc1C(=O)NCCC1CCNC1. The third-order valence-electron chi connectivity index (χ3n) is 3.49. The van der Waals surface area contributed by atoms with Gasteiger partial charge < -0.3 is 10.6 Å². The lowest BCUT2D eigenvalue weighted by atomic mass is 10.1. The first-order valence-electron chi connectivity index (χ1n) is 7.12. The second-order valence-corrected chi connectivity index (χ2v) is 6.72. The van der Waals surface area contributed by atoms with Crippen molar-refractivity contribution in [3.63, 3.8) is 0 Å². The Bertz CT molecular complexity index is 461. The van der Waals surface area contributed by atoms with Gasteiger partial charge in [0.1, 0.15) is 0 Å². The van der Waals surface area contributed by atoms with E-state index in [0.29, 0.717) is 16.5 Å². The molecule has 1 aliphatic heterocycles. The van der Waals surface area contributed by atoms with Gasteiger partial charge in [-0.3, -0.25) is 4.79 Å². The average Bonchev–Trinajstić information content (AvgIpc) is 2.94. The van der Waals surface area contributed by atoms with Crippen LogP contribution < -0.4 is 10.6 Å². The van der Waals surface area contributed by atoms with Gasteiger partial charge in [0.05, 0.1) is 5.56 Å². The summed E-state index contributed by atoms with van der Waals surface area (Å²) in [5.41, 5.74) is 0.689. The molecule has 5 heteroatoms. The van der Waals surface area contributed by atoms with Gasteiger partial charge in [-0.1, -0.05) is 18.5 Å². The Morgan fingerprint density at radius 1 is 1.55 bits per heavy atom. The van der Waals surface area contributed by atoms with Crippen molar-refractivity contribution < 1.29 is 4.79 Å². The molecule has 1 heterocycles. The van der Waals surface area contributed by atoms with Crippen molar-refractivity contribution in [3.05, 3.63) is 28.8 Å². The number of amides is 1. The molecule has 1 atom stereocenters. The molecule has 3 nitrogen and oxygen atoms in total. The molecular formula is C15H21ClN2OS. The summed E-state index contributed by atoms with van der Waals surface area (Å²) in [6.07, 6.45) is 2.25. The number of hydrogen-bond donors (Lipinski definition) is 2. The summed E-state index contributed by atoms with van der Waals surface area (Å²) in [6.45, 7) is 4.98. The number of thioether (sulfide) groups is 1. The van der Waals surface area contributed by atoms with Crippen LogP contribution in [0.15, 0.2) is 23.1 Å². The first kappa shape index (κ1) is 15.7. The van der Waals surface area contributed by atoms with Gasteiger partial charge in [0, 0.05) is 16.5 Å². The molecule has 1 saturated heterocycles. The Balaban J connectivity index is 1.91. The van der Waals surface area contributed by atoms with Crippen molar-refractivity contribution in [2.24, 2.45) is 5.92 Å². The van der Waals surface area contributed by atoms with Gasteiger partial charge in [0.15, 0.2) is 0 Å². The van der Waals surface area contributed by atoms with Crippen LogP contribution in [0, 0.1) is 5.92 Å². The fourth-order valence-electron chi connectivity index (χ4n) is 2.41. The largest absolute Gasteiger partial charge is 0.352 e. The molecule has 1 amide bonds. The van der Waals surface area contributed by atoms with E-state index in [1.807, 2.05) is 12.1 Å². The van der Waals surface area contributed by atoms with Crippen LogP contribution in [-0.2, 0) is 0 Å². The molecule has 0 radical (unpaired) electrons. The Morgan fingerprint density at radius 3 is 3.10 bits per heavy atom. The van der Waals surface area contributed by atoms with Crippen molar-refractivity contribution in [2.75, 3.05) is 25.4 Å². The maximum absolute atomic E-state index is 12.3. The van der Waals surface area contributed by atoms with Crippen LogP contribution in [0.2, 0.25) is 5.02 Å². The van der Waals surface area contributed by atoms with Crippen LogP contribution in [0.25, 0.3) is 0 Å². The molecule has 1 fully saturated rings. The number of nitrogens with one attached hydrogen (secondary N) is 2. The van der Waals surface area contributed by atoms with E-state index >= 15 is 0 Å². The zero-order chi connectivity index (χ0) is 14.4. The van der Waals surface area contributed by atoms with Gasteiger partial charge in [0.2, 0.25) is 0 Å². The molecule has 0 bridgehead atoms. The van der Waals surface area contributed by atoms with Gasteiger partial charge in [0.25, 0.3) is 5.91 Å². The Morgan fingerprint density at radius 2 is 2.40 bits per heavy atom. The monoisotopic (exact) mass is 312 g/mol. The number of halogens is 1. The molecule has 110 valence electrons. The van der Waals surface area contributed by atoms with Crippen LogP contribution in [0.3, 0.4) is 0 Å². The molecule has 1 aliphatic rings. The van der Waals surface area contributed by atoms with E-state index in [0.717, 1.165) is 36.7 Å². The molecule has 0 saturated carbocycles. The lowest BCUT2D eigenvalue weighted by molar-refractivity contribution is 0.0948. The highest BCUT2D eigenvalue weighted by atomic mass is 35.5. The van der Waals surface area contributed by atoms with E-state index in [1.165, 1.54) is 6.42 Å². The third-order valence-corrected chi connectivity index (χ3v) is 4.68. The van der Waals surface area contributed by atoms with Crippen molar-refractivity contribution >= 4 is 29.3 Å². The molecule has 0 spiro atoms. The predicted molar refractivity (Wildman–Crippen MR) is 85.8 cm³/mol. The average molecular weight is 313 g/mol. The zero-order valence-electron chi connectivity index (χ0n) is 11.7. The molecule has 2 rings (SSSR count). The molecule has 1 aromatic carbocycles. The lowest BCUT2D eigenvalue weighted by Gasteiger charge is -2.12. The van der Waals surface area contributed by atoms with E-state index < -0.39 is 0 Å². The molecular weight excluding hydrogens is 292 g/mol. The molecule has 0 aromatic heterocycles. The van der Waals surface area contributed by atoms with E-state index in [-0.39, 0.29) is 5.91 Å². The quantitative estimate of drug-likeness (QED) is 0.793. The fraction of sp³-hybridized carbons (Fsp3) is 0.533. The van der Waals surface area contributed by atoms with Crippen LogP contribution in [0.1, 0.15) is 30.1 Å². The first-order chi connectivity index (χ1) is 9.70. The van der Waals surface area contributed by atoms with E-state index in [1.54, 1.807) is 17.8 Å². The van der Waals surface area contributed by atoms with Crippen molar-refractivity contribution in [1.82, 2.24) is 10.6 Å². The minimum atomic E-state index is -0.0191. The van der Waals surface area contributed by atoms with Crippen LogP contribution in [-0.4, -0.2) is 31.3 Å². The number of carbonyl (C=O) groups is 1. The van der Waals surface area contributed by atoms with Crippen LogP contribution >= 0.6 is 23.4 Å². The highest BCUT2D eigenvalue weighted by molar-refractivity contribution is 7.99. The summed E-state index contributed by atoms with van der Waals surface area (Å²) in [7, 11) is 0. The minimum Gasteiger partial charge on any atom is -0.352 e. The molecule has 1 unspecified atom stereocenters. The summed E-state index contributed by atoms with van der Waals surface area (Å²) >= 11 is 7.67. The second-order valence-electron chi connectivity index (χ2n) is 4.98. The van der Waals surface area contributed by atoms with E-state index in [2.05, 4.69) is 17.6 Å². The molecule has 1 aromatic rings. The summed E-state index contributed by atoms with van der Waals surface area (Å²) in [6, 6.07) is 5.51. The van der Waals surface area contributed by atoms with E-state index in [4.69, 9.17) is 11.6 Å². The normalized spacial score (nSPS) is 18.2. The lowest BCUT2D eigenvalue weighted by Crippen LogP contribution is -2.26. The summed E-state index contributed by atoms with van der Waals surface area (Å²) in [4.78, 5) is 13.3. The van der Waals surface area contributed by atoms with Gasteiger partial charge >= 0.3 is 0 Å². The zero-order valence-corrected chi connectivity index (χ0v) is 13.3. The molecule has 2 N–H and O–H groups in total. The smallest absolute Gasteiger partial charge is 0.252 e. The Labute approximate surface area is 129 Å². The number of rotatable bonds is 6. The Kier molecular flexibility index (Phi) is 6.20. The van der Waals surface area contributed by atoms with Crippen LogP contribution in [0.5, 0.6) is 0 Å². The standard InChI is InChI=1S/C15H21ClN2OS/c1-2-20-14-4-3-12(16)9-13(14)15(19)18-8-6-11-5-7-17-10-11/h3-4,9,11,17H,2,5-8,10H2,1H3,(H,18,19). The van der Waals surface area contributed by atoms with Crippen LogP contribution in [0.4, 0.5) is 0 Å². The minimum absolute atomic E-state index is 0.0191. The van der Waals surface area contributed by atoms with Crippen molar-refractivity contribution in [1.29, 1.82) is 0 Å². The highest BCUT2D eigenvalue weighted by Crippen LogP contribution is 2.25. The van der Waals surface area contributed by atoms with Gasteiger partial charge in [-0.15, -0.1) is 11.8 Å². The maximum atomic E-state index is 12.3. The highest BCUT2D eigenvalue weighted by Gasteiger charge is 2.16. The van der Waals surface area contributed by atoms with Crippen molar-refractivity contribution in [2.45, 2.75) is 24.7 Å². The summed E-state index contributed by atoms with van der Waals surface area (Å²) in [5, 5.41) is 6.96. The van der Waals surface area contributed by atoms with Gasteiger partial charge in [-0.2, -0.15) is 0 Å². The molecule has 0 aliphatic carbocycles. The topological polar surface area (TPSA) is 41.1 Å². The van der Waals surface area contributed by atoms with Crippen molar-refractivity contribution in [3.8, 4) is 0 Å². The first-order valence-corrected chi connectivity index (χ1v) is 8.48. The fourth-order valence-corrected chi connectivity index (χ4v) is 3.36. The Hall–Kier alpha value is -0.710. The predicted octanol–water partition coefficient (Wildman–Crippen LogP) is 3.18. The summed E-state index contributed by atoms with van der Waals surface area (Å²) < 4.78 is 0. The maximum Gasteiger partial charge on any atom is 0.252 e. The van der Waals surface area contributed by atoms with Gasteiger partial charge in [-0.25, -0.2) is 0 Å². The number of benzene rings is 1. The number of carbonyl (C=O) groups excluding carboxylic acids is 1. The van der Waals surface area contributed by atoms with Gasteiger partial charge in [-0.05, 0) is 55.8 Å².